The Bertz CT molecular complexity index is 370. The molecular weight excluding hydrogens is 244 g/mol. The number of aliphatic hydroxyl groups excluding tert-OH is 1. The fourth-order valence-corrected chi connectivity index (χ4v) is 1.71. The molecular formula is C14H24N2O3. The minimum absolute atomic E-state index is 0.304. The van der Waals surface area contributed by atoms with Crippen LogP contribution in [0.25, 0.3) is 0 Å². The van der Waals surface area contributed by atoms with Gasteiger partial charge < -0.3 is 25.2 Å². The zero-order valence-electron chi connectivity index (χ0n) is 11.9. The molecule has 1 aromatic rings. The average Bonchev–Trinajstić information content (AvgIpc) is 2.42. The van der Waals surface area contributed by atoms with Gasteiger partial charge in [-0.15, -0.1) is 0 Å². The number of hydrogen-bond acceptors (Lipinski definition) is 5. The van der Waals surface area contributed by atoms with Gasteiger partial charge in [0.25, 0.3) is 0 Å². The highest BCUT2D eigenvalue weighted by Crippen LogP contribution is 2.24. The van der Waals surface area contributed by atoms with Crippen molar-refractivity contribution in [3.8, 4) is 11.5 Å². The predicted octanol–water partition coefficient (Wildman–Crippen LogP) is 0.764. The van der Waals surface area contributed by atoms with Crippen molar-refractivity contribution < 1.29 is 14.6 Å². The van der Waals surface area contributed by atoms with Crippen LogP contribution in [0.1, 0.15) is 12.5 Å². The third kappa shape index (κ3) is 5.92. The topological polar surface area (TPSA) is 62.8 Å². The highest BCUT2D eigenvalue weighted by molar-refractivity contribution is 5.40. The highest BCUT2D eigenvalue weighted by Gasteiger charge is 2.04. The number of methoxy groups -OCH3 is 2. The molecule has 0 bridgehead atoms. The van der Waals surface area contributed by atoms with Gasteiger partial charge in [0.1, 0.15) is 11.5 Å². The van der Waals surface area contributed by atoms with Gasteiger partial charge in [0, 0.05) is 37.8 Å². The van der Waals surface area contributed by atoms with Crippen LogP contribution in [-0.2, 0) is 6.54 Å². The molecule has 1 atom stereocenters. The highest BCUT2D eigenvalue weighted by atomic mass is 16.5. The Morgan fingerprint density at radius 1 is 1.16 bits per heavy atom. The molecule has 1 aromatic carbocycles. The van der Waals surface area contributed by atoms with Crippen molar-refractivity contribution in [2.45, 2.75) is 19.6 Å². The lowest BCUT2D eigenvalue weighted by molar-refractivity contribution is 0.191. The van der Waals surface area contributed by atoms with Gasteiger partial charge >= 0.3 is 0 Å². The summed E-state index contributed by atoms with van der Waals surface area (Å²) >= 11 is 0. The van der Waals surface area contributed by atoms with Gasteiger partial charge in [0.05, 0.1) is 20.3 Å². The van der Waals surface area contributed by atoms with E-state index >= 15 is 0 Å². The van der Waals surface area contributed by atoms with Crippen LogP contribution in [0.5, 0.6) is 11.5 Å². The Kier molecular flexibility index (Phi) is 7.25. The van der Waals surface area contributed by atoms with Crippen molar-refractivity contribution >= 4 is 0 Å². The van der Waals surface area contributed by atoms with E-state index in [4.69, 9.17) is 14.6 Å². The number of hydrogen-bond donors (Lipinski definition) is 3. The Hall–Kier alpha value is -1.30. The molecule has 108 valence electrons. The summed E-state index contributed by atoms with van der Waals surface area (Å²) in [6.45, 7) is 4.78. The minimum atomic E-state index is -0.304. The van der Waals surface area contributed by atoms with Crippen LogP contribution < -0.4 is 20.1 Å². The second kappa shape index (κ2) is 8.74. The van der Waals surface area contributed by atoms with Crippen molar-refractivity contribution in [2.75, 3.05) is 33.9 Å². The molecule has 3 N–H and O–H groups in total. The normalized spacial score (nSPS) is 12.2. The molecule has 0 saturated carbocycles. The Morgan fingerprint density at radius 3 is 2.53 bits per heavy atom. The van der Waals surface area contributed by atoms with Crippen LogP contribution in [0.4, 0.5) is 0 Å². The molecule has 0 amide bonds. The lowest BCUT2D eigenvalue weighted by atomic mass is 10.2. The summed E-state index contributed by atoms with van der Waals surface area (Å²) in [4.78, 5) is 0. The SMILES string of the molecule is COc1ccc(CNCCNC[C@@H](C)O)c(OC)c1. The first-order valence-corrected chi connectivity index (χ1v) is 6.47. The van der Waals surface area contributed by atoms with Crippen molar-refractivity contribution in [1.82, 2.24) is 10.6 Å². The summed E-state index contributed by atoms with van der Waals surface area (Å²) in [7, 11) is 3.29. The second-order valence-corrected chi connectivity index (χ2v) is 4.41. The quantitative estimate of drug-likeness (QED) is 0.577. The molecule has 0 heterocycles. The summed E-state index contributed by atoms with van der Waals surface area (Å²) in [5, 5.41) is 15.6. The van der Waals surface area contributed by atoms with E-state index in [1.807, 2.05) is 18.2 Å². The van der Waals surface area contributed by atoms with Crippen LogP contribution in [0.2, 0.25) is 0 Å². The van der Waals surface area contributed by atoms with Crippen molar-refractivity contribution in [2.24, 2.45) is 0 Å². The first-order chi connectivity index (χ1) is 9.17. The monoisotopic (exact) mass is 268 g/mol. The fourth-order valence-electron chi connectivity index (χ4n) is 1.71. The number of benzene rings is 1. The second-order valence-electron chi connectivity index (χ2n) is 4.41. The average molecular weight is 268 g/mol. The van der Waals surface area contributed by atoms with E-state index < -0.39 is 0 Å². The van der Waals surface area contributed by atoms with E-state index in [1.165, 1.54) is 0 Å². The van der Waals surface area contributed by atoms with E-state index in [1.54, 1.807) is 21.1 Å². The minimum Gasteiger partial charge on any atom is -0.497 e. The lowest BCUT2D eigenvalue weighted by Gasteiger charge is -2.12. The molecule has 0 fully saturated rings. The van der Waals surface area contributed by atoms with Gasteiger partial charge in [0.2, 0.25) is 0 Å². The third-order valence-corrected chi connectivity index (χ3v) is 2.73. The molecule has 0 unspecified atom stereocenters. The molecule has 0 aliphatic rings. The van der Waals surface area contributed by atoms with Crippen LogP contribution in [0, 0.1) is 0 Å². The van der Waals surface area contributed by atoms with E-state index in [0.29, 0.717) is 6.54 Å². The summed E-state index contributed by atoms with van der Waals surface area (Å²) in [6.07, 6.45) is -0.304. The molecule has 0 aromatic heterocycles. The van der Waals surface area contributed by atoms with Crippen molar-refractivity contribution in [3.05, 3.63) is 23.8 Å². The van der Waals surface area contributed by atoms with Crippen LogP contribution in [0.3, 0.4) is 0 Å². The third-order valence-electron chi connectivity index (χ3n) is 2.73. The van der Waals surface area contributed by atoms with Crippen molar-refractivity contribution in [1.29, 1.82) is 0 Å². The Morgan fingerprint density at radius 2 is 1.89 bits per heavy atom. The first kappa shape index (κ1) is 15.8. The van der Waals surface area contributed by atoms with Gasteiger partial charge in [-0.1, -0.05) is 6.07 Å². The van der Waals surface area contributed by atoms with Gasteiger partial charge in [-0.25, -0.2) is 0 Å². The van der Waals surface area contributed by atoms with Gasteiger partial charge in [-0.2, -0.15) is 0 Å². The summed E-state index contributed by atoms with van der Waals surface area (Å²) in [6, 6.07) is 5.79. The number of nitrogens with one attached hydrogen (secondary N) is 2. The first-order valence-electron chi connectivity index (χ1n) is 6.47. The maximum atomic E-state index is 9.09. The summed E-state index contributed by atoms with van der Waals surface area (Å²) in [5.41, 5.74) is 1.10. The van der Waals surface area contributed by atoms with Crippen molar-refractivity contribution in [3.63, 3.8) is 0 Å². The standard InChI is InChI=1S/C14H24N2O3/c1-11(17)9-15-6-7-16-10-12-4-5-13(18-2)8-14(12)19-3/h4-5,8,11,15-17H,6-7,9-10H2,1-3H3/t11-/m1/s1. The Balaban J connectivity index is 2.32. The van der Waals surface area contributed by atoms with Gasteiger partial charge in [0.15, 0.2) is 0 Å². The molecule has 5 nitrogen and oxygen atoms in total. The summed E-state index contributed by atoms with van der Waals surface area (Å²) in [5.74, 6) is 1.61. The zero-order chi connectivity index (χ0) is 14.1. The van der Waals surface area contributed by atoms with E-state index in [0.717, 1.165) is 36.7 Å². The van der Waals surface area contributed by atoms with Crippen LogP contribution in [0.15, 0.2) is 18.2 Å². The maximum absolute atomic E-state index is 9.09. The molecule has 0 aliphatic heterocycles. The smallest absolute Gasteiger partial charge is 0.127 e. The largest absolute Gasteiger partial charge is 0.497 e. The molecule has 19 heavy (non-hydrogen) atoms. The zero-order valence-corrected chi connectivity index (χ0v) is 11.9. The summed E-state index contributed by atoms with van der Waals surface area (Å²) < 4.78 is 10.5. The predicted molar refractivity (Wildman–Crippen MR) is 75.8 cm³/mol. The molecule has 0 radical (unpaired) electrons. The van der Waals surface area contributed by atoms with E-state index in [2.05, 4.69) is 10.6 Å². The molecule has 0 spiro atoms. The lowest BCUT2D eigenvalue weighted by Crippen LogP contribution is -2.31. The number of ether oxygens (including phenoxy) is 2. The molecule has 0 saturated heterocycles. The van der Waals surface area contributed by atoms with Gasteiger partial charge in [-0.3, -0.25) is 0 Å². The molecule has 5 heteroatoms. The maximum Gasteiger partial charge on any atom is 0.127 e. The van der Waals surface area contributed by atoms with Crippen LogP contribution in [-0.4, -0.2) is 45.1 Å². The molecule has 0 aliphatic carbocycles. The van der Waals surface area contributed by atoms with E-state index in [9.17, 15) is 0 Å². The van der Waals surface area contributed by atoms with Crippen LogP contribution >= 0.6 is 0 Å². The number of aliphatic hydroxyl groups is 1. The van der Waals surface area contributed by atoms with Gasteiger partial charge in [-0.05, 0) is 13.0 Å². The van der Waals surface area contributed by atoms with E-state index in [-0.39, 0.29) is 6.10 Å². The molecule has 1 rings (SSSR count). The number of rotatable bonds is 9. The fraction of sp³-hybridized carbons (Fsp3) is 0.571. The Labute approximate surface area is 114 Å².